The van der Waals surface area contributed by atoms with Crippen LogP contribution in [-0.4, -0.2) is 89.5 Å². The molecule has 33 heavy (non-hydrogen) atoms. The second-order valence-corrected chi connectivity index (χ2v) is 9.00. The number of halogens is 4. The predicted octanol–water partition coefficient (Wildman–Crippen LogP) is 2.74. The van der Waals surface area contributed by atoms with Gasteiger partial charge >= 0.3 is 6.18 Å². The second-order valence-electron chi connectivity index (χ2n) is 8.63. The van der Waals surface area contributed by atoms with Gasteiger partial charge in [0.2, 0.25) is 5.88 Å². The van der Waals surface area contributed by atoms with Gasteiger partial charge in [0, 0.05) is 38.0 Å². The number of hydrogen-bond donors (Lipinski definition) is 1. The summed E-state index contributed by atoms with van der Waals surface area (Å²) in [5.74, 6) is 0.512. The first-order valence-electron chi connectivity index (χ1n) is 11.0. The van der Waals surface area contributed by atoms with Crippen molar-refractivity contribution in [2.45, 2.75) is 43.6 Å². The lowest BCUT2D eigenvalue weighted by Crippen LogP contribution is -2.43. The summed E-state index contributed by atoms with van der Waals surface area (Å²) in [5.41, 5.74) is 1.67. The monoisotopic (exact) mass is 486 g/mol. The van der Waals surface area contributed by atoms with Gasteiger partial charge in [0.25, 0.3) is 0 Å². The summed E-state index contributed by atoms with van der Waals surface area (Å²) in [5, 5.41) is 9.50. The van der Waals surface area contributed by atoms with Crippen LogP contribution in [0.15, 0.2) is 34.1 Å². The van der Waals surface area contributed by atoms with Crippen molar-refractivity contribution in [2.24, 2.45) is 4.99 Å². The number of carbonyl (C=O) groups is 1. The third kappa shape index (κ3) is 5.85. The van der Waals surface area contributed by atoms with Gasteiger partial charge < -0.3 is 19.6 Å². The minimum Gasteiger partial charge on any atom is -0.472 e. The Labute approximate surface area is 194 Å². The van der Waals surface area contributed by atoms with E-state index in [1.165, 1.54) is 0 Å². The molecule has 4 heterocycles. The standard InChI is InChI=1S/C22H26ClF3N4O3/c23-21-17(10-27-11-18(21)31)30-8-4-16(12-30)33-20-9-15(1-5-28-20)14-2-6-29(7-3-14)13-19(32)22(24,25)26/h1,5,9-10,14,16,19,32H,2-4,6-8,11-13H2/t16-,19?/m1/s1. The van der Waals surface area contributed by atoms with Gasteiger partial charge in [-0.15, -0.1) is 0 Å². The first kappa shape index (κ1) is 24.0. The molecule has 1 aromatic rings. The van der Waals surface area contributed by atoms with Crippen molar-refractivity contribution < 1.29 is 27.8 Å². The number of aromatic nitrogens is 1. The van der Waals surface area contributed by atoms with Crippen LogP contribution in [0.1, 0.15) is 30.7 Å². The van der Waals surface area contributed by atoms with E-state index in [-0.39, 0.29) is 29.4 Å². The van der Waals surface area contributed by atoms with Crippen molar-refractivity contribution >= 4 is 23.6 Å². The Morgan fingerprint density at radius 1 is 1.24 bits per heavy atom. The molecule has 0 saturated carbocycles. The first-order valence-corrected chi connectivity index (χ1v) is 11.4. The summed E-state index contributed by atoms with van der Waals surface area (Å²) >= 11 is 6.16. The summed E-state index contributed by atoms with van der Waals surface area (Å²) < 4.78 is 43.9. The van der Waals surface area contributed by atoms with Gasteiger partial charge in [-0.25, -0.2) is 4.98 Å². The number of β-amino-alcohol motifs (C(OH)–C–C–N with tert-alkyl or cyclic N) is 1. The number of ketones is 1. The molecule has 2 saturated heterocycles. The van der Waals surface area contributed by atoms with E-state index >= 15 is 0 Å². The smallest absolute Gasteiger partial charge is 0.415 e. The van der Waals surface area contributed by atoms with Crippen LogP contribution in [-0.2, 0) is 4.79 Å². The van der Waals surface area contributed by atoms with E-state index in [0.717, 1.165) is 12.0 Å². The molecule has 0 aliphatic carbocycles. The molecule has 0 spiro atoms. The first-order chi connectivity index (χ1) is 15.7. The Morgan fingerprint density at radius 2 is 2.00 bits per heavy atom. The van der Waals surface area contributed by atoms with E-state index < -0.39 is 18.8 Å². The van der Waals surface area contributed by atoms with Gasteiger partial charge in [-0.1, -0.05) is 11.6 Å². The Morgan fingerprint density at radius 3 is 2.73 bits per heavy atom. The van der Waals surface area contributed by atoms with Gasteiger partial charge in [-0.3, -0.25) is 9.79 Å². The number of alkyl halides is 3. The van der Waals surface area contributed by atoms with Gasteiger partial charge in [0.05, 0.1) is 12.2 Å². The van der Waals surface area contributed by atoms with Crippen molar-refractivity contribution in [1.82, 2.24) is 14.8 Å². The fourth-order valence-corrected chi connectivity index (χ4v) is 4.69. The lowest BCUT2D eigenvalue weighted by molar-refractivity contribution is -0.208. The molecule has 3 aliphatic rings. The number of hydrogen-bond acceptors (Lipinski definition) is 7. The molecule has 1 N–H and O–H groups in total. The molecule has 3 aliphatic heterocycles. The highest BCUT2D eigenvalue weighted by molar-refractivity contribution is 6.44. The van der Waals surface area contributed by atoms with Crippen LogP contribution in [0, 0.1) is 0 Å². The van der Waals surface area contributed by atoms with Crippen molar-refractivity contribution in [3.05, 3.63) is 34.6 Å². The second kappa shape index (κ2) is 9.99. The Kier molecular flexibility index (Phi) is 7.25. The summed E-state index contributed by atoms with van der Waals surface area (Å²) in [4.78, 5) is 23.8. The summed E-state index contributed by atoms with van der Waals surface area (Å²) in [6, 6.07) is 3.80. The number of nitrogens with zero attached hydrogens (tertiary/aromatic N) is 4. The molecule has 0 bridgehead atoms. The van der Waals surface area contributed by atoms with Gasteiger partial charge in [-0.2, -0.15) is 13.2 Å². The highest BCUT2D eigenvalue weighted by Crippen LogP contribution is 2.31. The molecule has 0 amide bonds. The maximum atomic E-state index is 12.6. The van der Waals surface area contributed by atoms with Crippen LogP contribution < -0.4 is 4.74 Å². The van der Waals surface area contributed by atoms with Gasteiger partial charge in [0.15, 0.2) is 11.9 Å². The normalized spacial score (nSPS) is 24.0. The lowest BCUT2D eigenvalue weighted by Gasteiger charge is -2.33. The van der Waals surface area contributed by atoms with E-state index in [1.807, 2.05) is 17.0 Å². The van der Waals surface area contributed by atoms with Crippen LogP contribution >= 0.6 is 11.6 Å². The number of aliphatic hydroxyl groups excluding tert-OH is 1. The quantitative estimate of drug-likeness (QED) is 0.666. The highest BCUT2D eigenvalue weighted by atomic mass is 35.5. The number of aliphatic imine (C=N–C) groups is 1. The van der Waals surface area contributed by atoms with Crippen molar-refractivity contribution in [2.75, 3.05) is 39.3 Å². The minimum atomic E-state index is -4.59. The summed E-state index contributed by atoms with van der Waals surface area (Å²) in [6.07, 6.45) is -1.55. The zero-order valence-corrected chi connectivity index (χ0v) is 18.7. The SMILES string of the molecule is O=C1CN=CC(N2CC[C@@H](Oc3cc(C4CCN(CC(O)C(F)(F)F)CC4)ccn3)C2)=C1Cl. The summed E-state index contributed by atoms with van der Waals surface area (Å²) in [7, 11) is 0. The zero-order chi connectivity index (χ0) is 23.6. The van der Waals surface area contributed by atoms with E-state index in [4.69, 9.17) is 16.3 Å². The largest absolute Gasteiger partial charge is 0.472 e. The van der Waals surface area contributed by atoms with E-state index in [1.54, 1.807) is 17.3 Å². The molecule has 11 heteroatoms. The zero-order valence-electron chi connectivity index (χ0n) is 18.0. The third-order valence-corrected chi connectivity index (χ3v) is 6.72. The molecule has 0 aromatic carbocycles. The average molecular weight is 487 g/mol. The molecule has 4 rings (SSSR count). The van der Waals surface area contributed by atoms with Crippen LogP contribution in [0.4, 0.5) is 13.2 Å². The number of pyridine rings is 1. The van der Waals surface area contributed by atoms with Crippen LogP contribution in [0.3, 0.4) is 0 Å². The predicted molar refractivity (Wildman–Crippen MR) is 117 cm³/mol. The minimum absolute atomic E-state index is 0.0780. The van der Waals surface area contributed by atoms with E-state index in [9.17, 15) is 23.1 Å². The maximum Gasteiger partial charge on any atom is 0.415 e. The molecule has 0 radical (unpaired) electrons. The topological polar surface area (TPSA) is 78.3 Å². The van der Waals surface area contributed by atoms with Crippen molar-refractivity contribution in [1.29, 1.82) is 0 Å². The lowest BCUT2D eigenvalue weighted by atomic mass is 9.90. The molecule has 7 nitrogen and oxygen atoms in total. The number of Topliss-reactive ketones (excluding diaryl/α,β-unsaturated/α-hetero) is 1. The molecular formula is C22H26ClF3N4O3. The Bertz CT molecular complexity index is 932. The number of rotatable bonds is 6. The van der Waals surface area contributed by atoms with Crippen LogP contribution in [0.5, 0.6) is 5.88 Å². The average Bonchev–Trinajstić information content (AvgIpc) is 3.24. The van der Waals surface area contributed by atoms with Crippen LogP contribution in [0.2, 0.25) is 0 Å². The molecule has 2 atom stereocenters. The molecule has 180 valence electrons. The van der Waals surface area contributed by atoms with E-state index in [0.29, 0.717) is 50.6 Å². The van der Waals surface area contributed by atoms with Crippen LogP contribution in [0.25, 0.3) is 0 Å². The Balaban J connectivity index is 1.31. The summed E-state index contributed by atoms with van der Waals surface area (Å²) in [6.45, 7) is 1.92. The van der Waals surface area contributed by atoms with Gasteiger partial charge in [0.1, 0.15) is 17.7 Å². The number of aliphatic hydroxyl groups is 1. The number of likely N-dealkylation sites (tertiary alicyclic amines) is 2. The maximum absolute atomic E-state index is 12.6. The number of carbonyl (C=O) groups excluding carboxylic acids is 1. The fraction of sp³-hybridized carbons (Fsp3) is 0.591. The number of piperidine rings is 1. The van der Waals surface area contributed by atoms with Crippen molar-refractivity contribution in [3.63, 3.8) is 0 Å². The molecule has 2 fully saturated rings. The van der Waals surface area contributed by atoms with Crippen molar-refractivity contribution in [3.8, 4) is 5.88 Å². The molecule has 1 unspecified atom stereocenters. The number of dihydropyridines is 1. The molecule has 1 aromatic heterocycles. The van der Waals surface area contributed by atoms with Gasteiger partial charge in [-0.05, 0) is 43.5 Å². The number of allylic oxidation sites excluding steroid dienone is 1. The number of ether oxygens (including phenoxy) is 1. The molecular weight excluding hydrogens is 461 g/mol. The fourth-order valence-electron chi connectivity index (χ4n) is 4.46. The Hall–Kier alpha value is -2.17. The van der Waals surface area contributed by atoms with E-state index in [2.05, 4.69) is 9.98 Å². The highest BCUT2D eigenvalue weighted by Gasteiger charge is 2.39. The third-order valence-electron chi connectivity index (χ3n) is 6.32.